The number of nitrogens with zero attached hydrogens (tertiary/aromatic N) is 2. The minimum absolute atomic E-state index is 0.412. The molecular formula is C12H13BrN2. The summed E-state index contributed by atoms with van der Waals surface area (Å²) < 4.78 is 0.671. The van der Waals surface area contributed by atoms with Gasteiger partial charge in [0.05, 0.1) is 11.2 Å². The van der Waals surface area contributed by atoms with Crippen molar-refractivity contribution in [2.75, 3.05) is 0 Å². The Morgan fingerprint density at radius 1 is 1.20 bits per heavy atom. The average molecular weight is 265 g/mol. The molecule has 0 aliphatic carbocycles. The van der Waals surface area contributed by atoms with Crippen molar-refractivity contribution >= 4 is 26.8 Å². The number of hydrogen-bond acceptors (Lipinski definition) is 2. The van der Waals surface area contributed by atoms with E-state index in [1.54, 1.807) is 0 Å². The fourth-order valence-electron chi connectivity index (χ4n) is 1.67. The van der Waals surface area contributed by atoms with E-state index in [2.05, 4.69) is 64.9 Å². The first-order chi connectivity index (χ1) is 7.08. The summed E-state index contributed by atoms with van der Waals surface area (Å²) in [5.74, 6) is 0.412. The first-order valence-electron chi connectivity index (χ1n) is 5.01. The van der Waals surface area contributed by atoms with Crippen molar-refractivity contribution in [3.8, 4) is 0 Å². The highest BCUT2D eigenvalue weighted by Gasteiger charge is 2.09. The van der Waals surface area contributed by atoms with Crippen molar-refractivity contribution in [1.82, 2.24) is 9.97 Å². The molecule has 2 aromatic rings. The summed E-state index contributed by atoms with van der Waals surface area (Å²) in [7, 11) is 0. The van der Waals surface area contributed by atoms with E-state index < -0.39 is 0 Å². The van der Waals surface area contributed by atoms with E-state index in [0.29, 0.717) is 10.7 Å². The van der Waals surface area contributed by atoms with Crippen LogP contribution in [0.2, 0.25) is 0 Å². The van der Waals surface area contributed by atoms with Crippen LogP contribution in [-0.2, 0) is 0 Å². The first kappa shape index (κ1) is 10.6. The highest BCUT2D eigenvalue weighted by Crippen LogP contribution is 2.24. The maximum Gasteiger partial charge on any atom is 0.197 e. The molecule has 2 rings (SSSR count). The molecule has 0 unspecified atom stereocenters. The molecule has 1 heterocycles. The van der Waals surface area contributed by atoms with Gasteiger partial charge in [0.15, 0.2) is 4.73 Å². The highest BCUT2D eigenvalue weighted by molar-refractivity contribution is 9.10. The van der Waals surface area contributed by atoms with Crippen LogP contribution in [0.1, 0.15) is 31.0 Å². The highest BCUT2D eigenvalue weighted by atomic mass is 79.9. The molecular weight excluding hydrogens is 252 g/mol. The first-order valence-corrected chi connectivity index (χ1v) is 5.81. The molecule has 1 aromatic carbocycles. The van der Waals surface area contributed by atoms with Crippen molar-refractivity contribution < 1.29 is 0 Å². The lowest BCUT2D eigenvalue weighted by molar-refractivity contribution is 0.822. The summed E-state index contributed by atoms with van der Waals surface area (Å²) >= 11 is 3.35. The number of aryl methyl sites for hydroxylation is 1. The molecule has 0 amide bonds. The number of rotatable bonds is 1. The molecule has 15 heavy (non-hydrogen) atoms. The Morgan fingerprint density at radius 2 is 1.93 bits per heavy atom. The van der Waals surface area contributed by atoms with Crippen LogP contribution in [0.5, 0.6) is 0 Å². The summed E-state index contributed by atoms with van der Waals surface area (Å²) in [5, 5.41) is 1.15. The van der Waals surface area contributed by atoms with E-state index in [4.69, 9.17) is 0 Å². The van der Waals surface area contributed by atoms with E-state index in [1.165, 1.54) is 5.56 Å². The van der Waals surface area contributed by atoms with Crippen LogP contribution in [0, 0.1) is 6.92 Å². The smallest absolute Gasteiger partial charge is 0.197 e. The standard InChI is InChI=1S/C12H13BrN2/c1-7(2)11-9-5-4-8(3)6-10(9)14-12(13)15-11/h4-7H,1-3H3. The van der Waals surface area contributed by atoms with Crippen LogP contribution >= 0.6 is 15.9 Å². The van der Waals surface area contributed by atoms with Crippen LogP contribution in [0.15, 0.2) is 22.9 Å². The molecule has 0 spiro atoms. The van der Waals surface area contributed by atoms with Gasteiger partial charge in [-0.25, -0.2) is 9.97 Å². The third-order valence-corrected chi connectivity index (χ3v) is 2.76. The molecule has 78 valence electrons. The fourth-order valence-corrected chi connectivity index (χ4v) is 2.06. The van der Waals surface area contributed by atoms with Gasteiger partial charge in [0.25, 0.3) is 0 Å². The topological polar surface area (TPSA) is 25.8 Å². The molecule has 0 fully saturated rings. The Balaban J connectivity index is 2.80. The molecule has 0 radical (unpaired) electrons. The van der Waals surface area contributed by atoms with Gasteiger partial charge >= 0.3 is 0 Å². The summed E-state index contributed by atoms with van der Waals surface area (Å²) in [6.45, 7) is 6.37. The molecule has 1 aromatic heterocycles. The van der Waals surface area contributed by atoms with Gasteiger partial charge in [-0.1, -0.05) is 26.0 Å². The lowest BCUT2D eigenvalue weighted by atomic mass is 10.0. The minimum Gasteiger partial charge on any atom is -0.226 e. The maximum absolute atomic E-state index is 4.44. The Bertz CT molecular complexity index is 501. The number of halogens is 1. The lowest BCUT2D eigenvalue weighted by Gasteiger charge is -2.09. The lowest BCUT2D eigenvalue weighted by Crippen LogP contribution is -1.97. The van der Waals surface area contributed by atoms with E-state index >= 15 is 0 Å². The van der Waals surface area contributed by atoms with Gasteiger partial charge < -0.3 is 0 Å². The monoisotopic (exact) mass is 264 g/mol. The number of benzene rings is 1. The zero-order valence-electron chi connectivity index (χ0n) is 9.08. The summed E-state index contributed by atoms with van der Waals surface area (Å²) in [6, 6.07) is 6.30. The van der Waals surface area contributed by atoms with Crippen molar-refractivity contribution in [3.63, 3.8) is 0 Å². The van der Waals surface area contributed by atoms with Crippen molar-refractivity contribution in [3.05, 3.63) is 34.2 Å². The Hall–Kier alpha value is -0.960. The third-order valence-electron chi connectivity index (χ3n) is 2.40. The van der Waals surface area contributed by atoms with Crippen LogP contribution in [0.4, 0.5) is 0 Å². The largest absolute Gasteiger partial charge is 0.226 e. The van der Waals surface area contributed by atoms with Crippen LogP contribution in [-0.4, -0.2) is 9.97 Å². The van der Waals surface area contributed by atoms with Gasteiger partial charge in [-0.05, 0) is 40.4 Å². The number of aromatic nitrogens is 2. The van der Waals surface area contributed by atoms with Gasteiger partial charge in [0.2, 0.25) is 0 Å². The number of fused-ring (bicyclic) bond motifs is 1. The zero-order chi connectivity index (χ0) is 11.0. The molecule has 0 saturated heterocycles. The fraction of sp³-hybridized carbons (Fsp3) is 0.333. The molecule has 2 nitrogen and oxygen atoms in total. The zero-order valence-corrected chi connectivity index (χ0v) is 10.7. The molecule has 0 aliphatic heterocycles. The predicted octanol–water partition coefficient (Wildman–Crippen LogP) is 3.82. The average Bonchev–Trinajstić information content (AvgIpc) is 2.15. The Kier molecular flexibility index (Phi) is 2.74. The second-order valence-corrected chi connectivity index (χ2v) is 4.76. The quantitative estimate of drug-likeness (QED) is 0.732. The van der Waals surface area contributed by atoms with Crippen molar-refractivity contribution in [2.45, 2.75) is 26.7 Å². The predicted molar refractivity (Wildman–Crippen MR) is 66.1 cm³/mol. The maximum atomic E-state index is 4.44. The van der Waals surface area contributed by atoms with E-state index in [1.807, 2.05) is 0 Å². The summed E-state index contributed by atoms with van der Waals surface area (Å²) in [6.07, 6.45) is 0. The third kappa shape index (κ3) is 2.02. The Morgan fingerprint density at radius 3 is 2.60 bits per heavy atom. The molecule has 0 atom stereocenters. The minimum atomic E-state index is 0.412. The molecule has 3 heteroatoms. The summed E-state index contributed by atoms with van der Waals surface area (Å²) in [5.41, 5.74) is 3.34. The van der Waals surface area contributed by atoms with Crippen molar-refractivity contribution in [2.24, 2.45) is 0 Å². The van der Waals surface area contributed by atoms with Gasteiger partial charge in [-0.3, -0.25) is 0 Å². The molecule has 0 bridgehead atoms. The number of hydrogen-bond donors (Lipinski definition) is 0. The van der Waals surface area contributed by atoms with Crippen LogP contribution in [0.25, 0.3) is 10.9 Å². The van der Waals surface area contributed by atoms with Crippen LogP contribution < -0.4 is 0 Å². The molecule has 0 N–H and O–H groups in total. The molecule has 0 saturated carbocycles. The second-order valence-electron chi connectivity index (χ2n) is 4.05. The van der Waals surface area contributed by atoms with E-state index in [0.717, 1.165) is 16.6 Å². The van der Waals surface area contributed by atoms with Crippen LogP contribution in [0.3, 0.4) is 0 Å². The summed E-state index contributed by atoms with van der Waals surface area (Å²) in [4.78, 5) is 8.82. The Labute approximate surface area is 97.9 Å². The van der Waals surface area contributed by atoms with Gasteiger partial charge in [-0.15, -0.1) is 0 Å². The van der Waals surface area contributed by atoms with E-state index in [9.17, 15) is 0 Å². The van der Waals surface area contributed by atoms with Gasteiger partial charge in [0.1, 0.15) is 0 Å². The van der Waals surface area contributed by atoms with Gasteiger partial charge in [-0.2, -0.15) is 0 Å². The van der Waals surface area contributed by atoms with Crippen molar-refractivity contribution in [1.29, 1.82) is 0 Å². The SMILES string of the molecule is Cc1ccc2c(C(C)C)nc(Br)nc2c1. The second kappa shape index (κ2) is 3.89. The molecule has 0 aliphatic rings. The normalized spacial score (nSPS) is 11.3. The van der Waals surface area contributed by atoms with Gasteiger partial charge in [0, 0.05) is 5.39 Å². The van der Waals surface area contributed by atoms with E-state index in [-0.39, 0.29) is 0 Å².